The van der Waals surface area contributed by atoms with Crippen LogP contribution in [0.1, 0.15) is 39.0 Å². The predicted molar refractivity (Wildman–Crippen MR) is 72.3 cm³/mol. The number of allylic oxidation sites excluding steroid dienone is 2. The van der Waals surface area contributed by atoms with Gasteiger partial charge in [-0.1, -0.05) is 12.2 Å². The minimum absolute atomic E-state index is 0.00531. The van der Waals surface area contributed by atoms with Gasteiger partial charge in [0.25, 0.3) is 0 Å². The molecule has 2 aliphatic rings. The number of hydrogen-bond donors (Lipinski definition) is 0. The second kappa shape index (κ2) is 6.93. The summed E-state index contributed by atoms with van der Waals surface area (Å²) in [4.78, 5) is 14.2. The summed E-state index contributed by atoms with van der Waals surface area (Å²) in [6.07, 6.45) is 10.5. The monoisotopic (exact) mass is 251 g/mol. The molecule has 1 fully saturated rings. The van der Waals surface area contributed by atoms with Crippen molar-refractivity contribution in [2.45, 2.75) is 39.0 Å². The van der Waals surface area contributed by atoms with Gasteiger partial charge in [0.05, 0.1) is 12.5 Å². The van der Waals surface area contributed by atoms with E-state index in [1.807, 2.05) is 6.92 Å². The normalized spacial score (nSPS) is 29.2. The van der Waals surface area contributed by atoms with Crippen LogP contribution in [0.15, 0.2) is 12.2 Å². The highest BCUT2D eigenvalue weighted by molar-refractivity contribution is 5.72. The Morgan fingerprint density at radius 1 is 1.39 bits per heavy atom. The fraction of sp³-hybridized carbons (Fsp3) is 0.800. The van der Waals surface area contributed by atoms with Crippen molar-refractivity contribution >= 4 is 5.97 Å². The van der Waals surface area contributed by atoms with Gasteiger partial charge in [0, 0.05) is 13.1 Å². The summed E-state index contributed by atoms with van der Waals surface area (Å²) in [5.74, 6) is 0.902. The molecule has 3 nitrogen and oxygen atoms in total. The third-order valence-corrected chi connectivity index (χ3v) is 4.02. The van der Waals surface area contributed by atoms with Crippen molar-refractivity contribution in [3.63, 3.8) is 0 Å². The molecule has 1 saturated heterocycles. The first-order valence-electron chi connectivity index (χ1n) is 7.33. The molecule has 2 atom stereocenters. The molecule has 0 radical (unpaired) electrons. The Bertz CT molecular complexity index is 301. The predicted octanol–water partition coefficient (Wildman–Crippen LogP) is 2.62. The van der Waals surface area contributed by atoms with Crippen LogP contribution in [0, 0.1) is 11.8 Å². The minimum Gasteiger partial charge on any atom is -0.466 e. The number of esters is 1. The Labute approximate surface area is 110 Å². The molecular weight excluding hydrogens is 226 g/mol. The van der Waals surface area contributed by atoms with E-state index in [0.29, 0.717) is 6.61 Å². The lowest BCUT2D eigenvalue weighted by atomic mass is 9.91. The fourth-order valence-electron chi connectivity index (χ4n) is 3.06. The Morgan fingerprint density at radius 3 is 3.00 bits per heavy atom. The Morgan fingerprint density at radius 2 is 2.28 bits per heavy atom. The van der Waals surface area contributed by atoms with Crippen LogP contribution in [0.2, 0.25) is 0 Å². The van der Waals surface area contributed by atoms with E-state index >= 15 is 0 Å². The lowest BCUT2D eigenvalue weighted by Crippen LogP contribution is -2.41. The van der Waals surface area contributed by atoms with E-state index in [4.69, 9.17) is 4.74 Å². The quantitative estimate of drug-likeness (QED) is 0.568. The molecule has 102 valence electrons. The van der Waals surface area contributed by atoms with Gasteiger partial charge >= 0.3 is 5.97 Å². The van der Waals surface area contributed by atoms with Crippen molar-refractivity contribution in [1.82, 2.24) is 4.90 Å². The Balaban J connectivity index is 1.79. The van der Waals surface area contributed by atoms with Crippen LogP contribution in [0.5, 0.6) is 0 Å². The maximum atomic E-state index is 11.8. The van der Waals surface area contributed by atoms with Gasteiger partial charge in [-0.15, -0.1) is 0 Å². The Kier molecular flexibility index (Phi) is 5.24. The molecule has 0 aromatic heterocycles. The van der Waals surface area contributed by atoms with Crippen LogP contribution in [-0.4, -0.2) is 37.1 Å². The van der Waals surface area contributed by atoms with Crippen molar-refractivity contribution in [1.29, 1.82) is 0 Å². The van der Waals surface area contributed by atoms with E-state index in [0.717, 1.165) is 38.4 Å². The van der Waals surface area contributed by atoms with Crippen molar-refractivity contribution in [3.05, 3.63) is 12.2 Å². The maximum Gasteiger partial charge on any atom is 0.310 e. The Hall–Kier alpha value is -0.830. The number of carbonyl (C=O) groups is 1. The number of nitrogens with zero attached hydrogens (tertiary/aromatic N) is 1. The molecule has 0 aromatic rings. The number of ether oxygens (including phenoxy) is 1. The summed E-state index contributed by atoms with van der Waals surface area (Å²) in [7, 11) is 0. The second-order valence-electron chi connectivity index (χ2n) is 5.50. The molecule has 0 bridgehead atoms. The summed E-state index contributed by atoms with van der Waals surface area (Å²) < 4.78 is 5.14. The largest absolute Gasteiger partial charge is 0.466 e. The molecular formula is C15H25NO2. The van der Waals surface area contributed by atoms with Gasteiger partial charge in [-0.2, -0.15) is 0 Å². The summed E-state index contributed by atoms with van der Waals surface area (Å²) in [6.45, 7) is 5.59. The zero-order valence-corrected chi connectivity index (χ0v) is 11.4. The van der Waals surface area contributed by atoms with Crippen LogP contribution in [0.3, 0.4) is 0 Å². The topological polar surface area (TPSA) is 29.5 Å². The third kappa shape index (κ3) is 3.84. The average Bonchev–Trinajstić information content (AvgIpc) is 2.40. The van der Waals surface area contributed by atoms with Gasteiger partial charge in [-0.05, 0) is 51.5 Å². The second-order valence-corrected chi connectivity index (χ2v) is 5.50. The highest BCUT2D eigenvalue weighted by Gasteiger charge is 2.27. The first-order chi connectivity index (χ1) is 8.79. The molecule has 0 amide bonds. The average molecular weight is 251 g/mol. The van der Waals surface area contributed by atoms with Crippen molar-refractivity contribution in [3.8, 4) is 0 Å². The van der Waals surface area contributed by atoms with Gasteiger partial charge < -0.3 is 9.64 Å². The zero-order valence-electron chi connectivity index (χ0n) is 11.4. The number of hydrogen-bond acceptors (Lipinski definition) is 3. The van der Waals surface area contributed by atoms with Crippen molar-refractivity contribution in [2.24, 2.45) is 11.8 Å². The first kappa shape index (κ1) is 13.6. The lowest BCUT2D eigenvalue weighted by molar-refractivity contribution is -0.150. The fourth-order valence-corrected chi connectivity index (χ4v) is 3.06. The zero-order chi connectivity index (χ0) is 12.8. The van der Waals surface area contributed by atoms with Crippen LogP contribution in [0.25, 0.3) is 0 Å². The molecule has 2 rings (SSSR count). The van der Waals surface area contributed by atoms with E-state index in [1.165, 1.54) is 19.3 Å². The van der Waals surface area contributed by atoms with Gasteiger partial charge in [-0.25, -0.2) is 0 Å². The first-order valence-corrected chi connectivity index (χ1v) is 7.33. The molecule has 1 aliphatic heterocycles. The maximum absolute atomic E-state index is 11.8. The standard InChI is InChI=1S/C15H25NO2/c1-2-18-15(17)14-9-6-10-16(12-14)11-13-7-4-3-5-8-13/h3-4,13-14H,2,5-12H2,1H3/t13-,14+/m0/s1. The van der Waals surface area contributed by atoms with Crippen LogP contribution < -0.4 is 0 Å². The summed E-state index contributed by atoms with van der Waals surface area (Å²) >= 11 is 0. The molecule has 0 N–H and O–H groups in total. The molecule has 18 heavy (non-hydrogen) atoms. The van der Waals surface area contributed by atoms with Crippen molar-refractivity contribution < 1.29 is 9.53 Å². The molecule has 1 aliphatic carbocycles. The van der Waals surface area contributed by atoms with Gasteiger partial charge in [0.2, 0.25) is 0 Å². The molecule has 3 heteroatoms. The molecule has 0 spiro atoms. The van der Waals surface area contributed by atoms with Crippen LogP contribution in [-0.2, 0) is 9.53 Å². The van der Waals surface area contributed by atoms with E-state index in [2.05, 4.69) is 17.1 Å². The number of carbonyl (C=O) groups excluding carboxylic acids is 1. The van der Waals surface area contributed by atoms with Crippen LogP contribution in [0.4, 0.5) is 0 Å². The molecule has 0 saturated carbocycles. The van der Waals surface area contributed by atoms with Gasteiger partial charge in [-0.3, -0.25) is 4.79 Å². The van der Waals surface area contributed by atoms with Crippen LogP contribution >= 0.6 is 0 Å². The molecule has 0 unspecified atom stereocenters. The summed E-state index contributed by atoms with van der Waals surface area (Å²) in [6, 6.07) is 0. The van der Waals surface area contributed by atoms with Gasteiger partial charge in [0.15, 0.2) is 0 Å². The highest BCUT2D eigenvalue weighted by Crippen LogP contribution is 2.23. The molecule has 0 aromatic carbocycles. The highest BCUT2D eigenvalue weighted by atomic mass is 16.5. The summed E-state index contributed by atoms with van der Waals surface area (Å²) in [5, 5.41) is 0. The number of piperidine rings is 1. The number of likely N-dealkylation sites (tertiary alicyclic amines) is 1. The van der Waals surface area contributed by atoms with E-state index in [1.54, 1.807) is 0 Å². The van der Waals surface area contributed by atoms with E-state index in [9.17, 15) is 4.79 Å². The lowest BCUT2D eigenvalue weighted by Gasteiger charge is -2.34. The third-order valence-electron chi connectivity index (χ3n) is 4.02. The smallest absolute Gasteiger partial charge is 0.310 e. The minimum atomic E-state index is 0.00531. The van der Waals surface area contributed by atoms with E-state index < -0.39 is 0 Å². The van der Waals surface area contributed by atoms with Gasteiger partial charge in [0.1, 0.15) is 0 Å². The van der Waals surface area contributed by atoms with Crippen molar-refractivity contribution in [2.75, 3.05) is 26.2 Å². The molecule has 1 heterocycles. The SMILES string of the molecule is CCOC(=O)[C@@H]1CCCN(C[C@H]2CC=CCC2)C1. The number of rotatable bonds is 4. The van der Waals surface area contributed by atoms with E-state index in [-0.39, 0.29) is 11.9 Å². The summed E-state index contributed by atoms with van der Waals surface area (Å²) in [5.41, 5.74) is 0.